The van der Waals surface area contributed by atoms with Crippen molar-refractivity contribution in [2.24, 2.45) is 0 Å². The molecule has 16 rings (SSSR count). The molecule has 25 heteroatoms. The Morgan fingerprint density at radius 3 is 1.03 bits per heavy atom. The van der Waals surface area contributed by atoms with Crippen LogP contribution in [-0.2, 0) is 26.2 Å². The van der Waals surface area contributed by atoms with E-state index in [4.69, 9.17) is 11.6 Å². The summed E-state index contributed by atoms with van der Waals surface area (Å²) in [7, 11) is 0. The number of hydrogen-bond donors (Lipinski definition) is 0. The Morgan fingerprint density at radius 2 is 0.670 bits per heavy atom. The Hall–Kier alpha value is -12.8. The number of rotatable bonds is 12. The molecule has 7 aromatic carbocycles. The third-order valence-corrected chi connectivity index (χ3v) is 15.8. The molecule has 97 heavy (non-hydrogen) atoms. The maximum atomic E-state index is 14.0. The first-order valence-electron chi connectivity index (χ1n) is 30.1. The van der Waals surface area contributed by atoms with Gasteiger partial charge in [-0.15, -0.1) is 20.4 Å². The van der Waals surface area contributed by atoms with E-state index in [-0.39, 0.29) is 57.0 Å². The first kappa shape index (κ1) is 63.0. The summed E-state index contributed by atoms with van der Waals surface area (Å²) in [5, 5.41) is 19.3. The largest absolute Gasteiger partial charge is 0.294 e. The van der Waals surface area contributed by atoms with E-state index in [0.29, 0.717) is 46.2 Å². The molecule has 0 unspecified atom stereocenters. The first-order valence-corrected chi connectivity index (χ1v) is 30.5. The number of aromatic nitrogens is 17. The van der Waals surface area contributed by atoms with Crippen LogP contribution in [0.2, 0.25) is 5.02 Å². The van der Waals surface area contributed by atoms with Gasteiger partial charge in [-0.2, -0.15) is 0 Å². The predicted molar refractivity (Wildman–Crippen MR) is 362 cm³/mol. The van der Waals surface area contributed by atoms with Gasteiger partial charge in [0, 0.05) is 47.1 Å². The number of nitrogens with zero attached hydrogens (tertiary/aromatic N) is 17. The smallest absolute Gasteiger partial charge is 0.264 e. The van der Waals surface area contributed by atoms with Crippen LogP contribution in [0.3, 0.4) is 0 Å². The predicted octanol–water partition coefficient (Wildman–Crippen LogP) is 11.3. The number of benzene rings is 7. The summed E-state index contributed by atoms with van der Waals surface area (Å²) in [5.74, 6) is -1.86. The molecule has 0 bridgehead atoms. The van der Waals surface area contributed by atoms with E-state index in [1.165, 1.54) is 51.9 Å². The molecule has 0 aliphatic heterocycles. The molecule has 0 N–H and O–H groups in total. The molecule has 0 aliphatic carbocycles. The van der Waals surface area contributed by atoms with Crippen LogP contribution < -0.4 is 22.2 Å². The van der Waals surface area contributed by atoms with Gasteiger partial charge >= 0.3 is 0 Å². The maximum absolute atomic E-state index is 14.0. The summed E-state index contributed by atoms with van der Waals surface area (Å²) in [5.41, 5.74) is 7.16. The molecular formula is C72H53ClF3N17O4. The number of halogens is 4. The van der Waals surface area contributed by atoms with Gasteiger partial charge in [0.15, 0.2) is 22.6 Å². The second kappa shape index (κ2) is 28.2. The maximum Gasteiger partial charge on any atom is 0.264 e. The second-order valence-corrected chi connectivity index (χ2v) is 22.4. The number of pyridine rings is 1. The molecule has 16 aromatic rings. The molecular weight excluding hydrogens is 1260 g/mol. The summed E-state index contributed by atoms with van der Waals surface area (Å²) in [6.07, 6.45) is 14.0. The standard InChI is InChI=1S/C19H16N4O.C18H12ClFN4O.C18H12F2N4O.C17H13N5O/c1-14-7-9-15(10-8-14)11-22-13-20-18-17(19(22)24)12-23(21-18)16-5-3-2-4-6-16;2*19-15-7-4-8-16(20)13(15)9-23-11-21-17-14(18(23)25)10-24(22-17)12-5-2-1-3-6-12;23-17-15-11-22(14-7-2-1-3-8-14)20-16(15)19-12-21(17)10-13-6-4-5-9-18-13/h2-10,12-13H,11H2,1H3;2*1-8,10-11H,9H2;1-9,11-12H,10H2. The summed E-state index contributed by atoms with van der Waals surface area (Å²) in [6, 6.07) is 59.8. The monoisotopic (exact) mass is 1310 g/mol. The van der Waals surface area contributed by atoms with Crippen LogP contribution in [0.4, 0.5) is 13.2 Å². The summed E-state index contributed by atoms with van der Waals surface area (Å²) < 4.78 is 53.8. The Kier molecular flexibility index (Phi) is 18.3. The first-order chi connectivity index (χ1) is 47.3. The molecule has 0 aliphatic rings. The van der Waals surface area contributed by atoms with Crippen molar-refractivity contribution in [2.45, 2.75) is 33.1 Å². The normalized spacial score (nSPS) is 11.1. The summed E-state index contributed by atoms with van der Waals surface area (Å²) in [6.45, 7) is 2.69. The van der Waals surface area contributed by atoms with Gasteiger partial charge in [0.2, 0.25) is 0 Å². The number of para-hydroxylation sites is 4. The van der Waals surface area contributed by atoms with Gasteiger partial charge < -0.3 is 0 Å². The quantitative estimate of drug-likeness (QED) is 0.111. The minimum absolute atomic E-state index is 0.00377. The topological polar surface area (TPSA) is 224 Å². The molecule has 0 fully saturated rings. The van der Waals surface area contributed by atoms with E-state index in [0.717, 1.165) is 46.1 Å². The van der Waals surface area contributed by atoms with Crippen molar-refractivity contribution in [3.05, 3.63) is 348 Å². The molecule has 0 radical (unpaired) electrons. The lowest BCUT2D eigenvalue weighted by Gasteiger charge is -2.07. The summed E-state index contributed by atoms with van der Waals surface area (Å²) >= 11 is 6.04. The Balaban J connectivity index is 0.000000117. The van der Waals surface area contributed by atoms with Crippen LogP contribution in [0.25, 0.3) is 66.9 Å². The Labute approximate surface area is 552 Å². The average Bonchev–Trinajstić information content (AvgIpc) is 1.72. The fraction of sp³-hybridized carbons (Fsp3) is 0.0694. The third kappa shape index (κ3) is 14.1. The molecule has 0 saturated heterocycles. The lowest BCUT2D eigenvalue weighted by atomic mass is 10.1. The lowest BCUT2D eigenvalue weighted by molar-refractivity contribution is 0.541. The van der Waals surface area contributed by atoms with Crippen molar-refractivity contribution in [3.63, 3.8) is 0 Å². The van der Waals surface area contributed by atoms with E-state index >= 15 is 0 Å². The molecule has 9 heterocycles. The highest BCUT2D eigenvalue weighted by molar-refractivity contribution is 6.31. The minimum Gasteiger partial charge on any atom is -0.294 e. The molecule has 0 atom stereocenters. The number of aryl methyl sites for hydroxylation is 1. The molecule has 21 nitrogen and oxygen atoms in total. The van der Waals surface area contributed by atoms with Gasteiger partial charge in [-0.3, -0.25) is 42.4 Å². The Bertz CT molecular complexity index is 5490. The molecule has 9 aromatic heterocycles. The highest BCUT2D eigenvalue weighted by atomic mass is 35.5. The van der Waals surface area contributed by atoms with Crippen LogP contribution in [0, 0.1) is 24.4 Å². The fourth-order valence-electron chi connectivity index (χ4n) is 10.3. The number of fused-ring (bicyclic) bond motifs is 4. The highest BCUT2D eigenvalue weighted by Gasteiger charge is 2.17. The van der Waals surface area contributed by atoms with Gasteiger partial charge in [0.1, 0.15) is 64.3 Å². The third-order valence-electron chi connectivity index (χ3n) is 15.4. The number of hydrogen-bond acceptors (Lipinski definition) is 13. The lowest BCUT2D eigenvalue weighted by Crippen LogP contribution is -2.21. The van der Waals surface area contributed by atoms with Gasteiger partial charge in [-0.25, -0.2) is 51.8 Å². The van der Waals surface area contributed by atoms with Crippen molar-refractivity contribution in [3.8, 4) is 22.7 Å². The molecule has 0 saturated carbocycles. The highest BCUT2D eigenvalue weighted by Crippen LogP contribution is 2.21. The van der Waals surface area contributed by atoms with Crippen molar-refractivity contribution in [1.29, 1.82) is 0 Å². The van der Waals surface area contributed by atoms with Gasteiger partial charge in [-0.1, -0.05) is 132 Å². The van der Waals surface area contributed by atoms with E-state index < -0.39 is 23.0 Å². The minimum atomic E-state index is -0.702. The second-order valence-electron chi connectivity index (χ2n) is 22.0. The van der Waals surface area contributed by atoms with Crippen LogP contribution in [0.1, 0.15) is 27.9 Å². The van der Waals surface area contributed by atoms with Crippen LogP contribution in [0.15, 0.2) is 276 Å². The SMILES string of the molecule is Cc1ccc(Cn2cnc3nn(-c4ccccc4)cc3c2=O)cc1.O=c1c2cn(-c3ccccc3)nc2ncn1Cc1c(F)cccc1Cl.O=c1c2cn(-c3ccccc3)nc2ncn1Cc1c(F)cccc1F.O=c1c2cn(-c3ccccc3)nc2ncn1Cc1ccccn1. The zero-order chi connectivity index (χ0) is 66.9. The molecule has 0 spiro atoms. The van der Waals surface area contributed by atoms with E-state index in [9.17, 15) is 32.3 Å². The van der Waals surface area contributed by atoms with Crippen LogP contribution >= 0.6 is 11.6 Å². The average molecular weight is 1310 g/mol. The van der Waals surface area contributed by atoms with Gasteiger partial charge in [0.05, 0.1) is 54.6 Å². The Morgan fingerprint density at radius 1 is 0.340 bits per heavy atom. The fourth-order valence-corrected chi connectivity index (χ4v) is 10.6. The van der Waals surface area contributed by atoms with Crippen molar-refractivity contribution in [1.82, 2.24) is 82.3 Å². The van der Waals surface area contributed by atoms with Crippen molar-refractivity contribution in [2.75, 3.05) is 0 Å². The van der Waals surface area contributed by atoms with Crippen molar-refractivity contribution < 1.29 is 13.2 Å². The zero-order valence-corrected chi connectivity index (χ0v) is 52.1. The zero-order valence-electron chi connectivity index (χ0n) is 51.3. The van der Waals surface area contributed by atoms with Crippen LogP contribution in [0.5, 0.6) is 0 Å². The van der Waals surface area contributed by atoms with Gasteiger partial charge in [-0.05, 0) is 97.4 Å². The van der Waals surface area contributed by atoms with Gasteiger partial charge in [0.25, 0.3) is 22.2 Å². The molecule has 0 amide bonds. The summed E-state index contributed by atoms with van der Waals surface area (Å²) in [4.78, 5) is 71.9. The van der Waals surface area contributed by atoms with E-state index in [1.807, 2.05) is 171 Å². The van der Waals surface area contributed by atoms with Crippen LogP contribution in [-0.4, -0.2) is 82.3 Å². The van der Waals surface area contributed by atoms with Crippen molar-refractivity contribution >= 4 is 55.7 Å². The van der Waals surface area contributed by atoms with E-state index in [1.54, 1.807) is 71.2 Å². The van der Waals surface area contributed by atoms with E-state index in [2.05, 4.69) is 45.3 Å². The molecule has 478 valence electrons.